The van der Waals surface area contributed by atoms with Crippen LogP contribution in [0.25, 0.3) is 0 Å². The Balaban J connectivity index is 2.72. The van der Waals surface area contributed by atoms with Crippen molar-refractivity contribution in [3.05, 3.63) is 28.2 Å². The number of rotatable bonds is 3. The van der Waals surface area contributed by atoms with Crippen LogP contribution in [0.15, 0.2) is 22.7 Å². The number of aryl methyl sites for hydroxylation is 1. The maximum Gasteiger partial charge on any atom is 0.313 e. The zero-order chi connectivity index (χ0) is 13.7. The summed E-state index contributed by atoms with van der Waals surface area (Å²) in [6.07, 6.45) is 0. The number of aliphatic hydroxyl groups excluding tert-OH is 1. The van der Waals surface area contributed by atoms with Crippen molar-refractivity contribution in [2.75, 3.05) is 25.5 Å². The maximum atomic E-state index is 11.7. The number of likely N-dealkylation sites (N-methyl/N-ethyl adjacent to an activating group) is 1. The Kier molecular flexibility index (Phi) is 5.30. The third-order valence-electron chi connectivity index (χ3n) is 2.35. The summed E-state index contributed by atoms with van der Waals surface area (Å²) in [5, 5.41) is 11.2. The molecule has 0 saturated carbocycles. The lowest BCUT2D eigenvalue weighted by Crippen LogP contribution is -2.38. The molecule has 0 heterocycles. The molecule has 2 amide bonds. The summed E-state index contributed by atoms with van der Waals surface area (Å²) in [6.45, 7) is 1.88. The molecule has 0 unspecified atom stereocenters. The van der Waals surface area contributed by atoms with E-state index in [-0.39, 0.29) is 13.2 Å². The summed E-state index contributed by atoms with van der Waals surface area (Å²) < 4.78 is 0.716. The number of carbonyl (C=O) groups is 2. The highest BCUT2D eigenvalue weighted by Gasteiger charge is 2.18. The Bertz CT molecular complexity index is 463. The molecule has 0 bridgehead atoms. The van der Waals surface area contributed by atoms with E-state index >= 15 is 0 Å². The summed E-state index contributed by atoms with van der Waals surface area (Å²) >= 11 is 3.31. The molecule has 0 spiro atoms. The third kappa shape index (κ3) is 3.82. The minimum atomic E-state index is -0.726. The van der Waals surface area contributed by atoms with E-state index in [9.17, 15) is 9.59 Å². The molecule has 5 nitrogen and oxygen atoms in total. The van der Waals surface area contributed by atoms with Crippen molar-refractivity contribution in [2.24, 2.45) is 0 Å². The number of halogens is 1. The van der Waals surface area contributed by atoms with Crippen molar-refractivity contribution in [1.29, 1.82) is 0 Å². The van der Waals surface area contributed by atoms with Crippen LogP contribution in [0.1, 0.15) is 5.56 Å². The van der Waals surface area contributed by atoms with Gasteiger partial charge in [0.15, 0.2) is 0 Å². The number of hydrogen-bond donors (Lipinski definition) is 2. The van der Waals surface area contributed by atoms with E-state index < -0.39 is 11.8 Å². The summed E-state index contributed by atoms with van der Waals surface area (Å²) in [4.78, 5) is 24.4. The minimum absolute atomic E-state index is 0.126. The van der Waals surface area contributed by atoms with E-state index in [0.717, 1.165) is 10.5 Å². The maximum absolute atomic E-state index is 11.7. The fourth-order valence-corrected chi connectivity index (χ4v) is 1.91. The average Bonchev–Trinajstić information content (AvgIpc) is 2.32. The van der Waals surface area contributed by atoms with E-state index in [1.165, 1.54) is 7.05 Å². The van der Waals surface area contributed by atoms with Gasteiger partial charge in [0, 0.05) is 18.1 Å². The molecule has 1 aromatic rings. The smallest absolute Gasteiger partial charge is 0.313 e. The van der Waals surface area contributed by atoms with Crippen molar-refractivity contribution in [3.8, 4) is 0 Å². The number of anilines is 1. The van der Waals surface area contributed by atoms with Gasteiger partial charge in [-0.3, -0.25) is 9.59 Å². The monoisotopic (exact) mass is 314 g/mol. The van der Waals surface area contributed by atoms with Crippen LogP contribution in [0.3, 0.4) is 0 Å². The lowest BCUT2D eigenvalue weighted by atomic mass is 10.2. The molecule has 0 aliphatic rings. The van der Waals surface area contributed by atoms with Crippen molar-refractivity contribution in [2.45, 2.75) is 6.92 Å². The van der Waals surface area contributed by atoms with Gasteiger partial charge in [0.2, 0.25) is 0 Å². The highest BCUT2D eigenvalue weighted by Crippen LogP contribution is 2.23. The van der Waals surface area contributed by atoms with Crippen molar-refractivity contribution in [3.63, 3.8) is 0 Å². The molecule has 0 aliphatic heterocycles. The Morgan fingerprint density at radius 1 is 1.44 bits per heavy atom. The van der Waals surface area contributed by atoms with Crippen LogP contribution in [0, 0.1) is 6.92 Å². The van der Waals surface area contributed by atoms with Gasteiger partial charge in [-0.1, -0.05) is 6.07 Å². The second-order valence-electron chi connectivity index (χ2n) is 3.89. The van der Waals surface area contributed by atoms with Crippen molar-refractivity contribution < 1.29 is 14.7 Å². The number of hydrogen-bond acceptors (Lipinski definition) is 3. The molecule has 0 saturated heterocycles. The molecular formula is C12H15BrN2O3. The van der Waals surface area contributed by atoms with E-state index in [1.54, 1.807) is 6.07 Å². The molecule has 0 radical (unpaired) electrons. The minimum Gasteiger partial charge on any atom is -0.395 e. The Morgan fingerprint density at radius 3 is 2.67 bits per heavy atom. The quantitative estimate of drug-likeness (QED) is 0.822. The van der Waals surface area contributed by atoms with Gasteiger partial charge in [-0.25, -0.2) is 0 Å². The van der Waals surface area contributed by atoms with Gasteiger partial charge in [-0.2, -0.15) is 0 Å². The fourth-order valence-electron chi connectivity index (χ4n) is 1.32. The van der Waals surface area contributed by atoms with Crippen LogP contribution in [-0.2, 0) is 9.59 Å². The molecule has 2 N–H and O–H groups in total. The lowest BCUT2D eigenvalue weighted by Gasteiger charge is -2.15. The van der Waals surface area contributed by atoms with Crippen LogP contribution >= 0.6 is 15.9 Å². The molecule has 0 atom stereocenters. The van der Waals surface area contributed by atoms with Crippen LogP contribution in [-0.4, -0.2) is 42.0 Å². The number of benzene rings is 1. The second kappa shape index (κ2) is 6.51. The fraction of sp³-hybridized carbons (Fsp3) is 0.333. The van der Waals surface area contributed by atoms with Crippen molar-refractivity contribution in [1.82, 2.24) is 4.90 Å². The van der Waals surface area contributed by atoms with Crippen LogP contribution in [0.4, 0.5) is 5.69 Å². The van der Waals surface area contributed by atoms with Crippen LogP contribution < -0.4 is 5.32 Å². The second-order valence-corrected chi connectivity index (χ2v) is 4.74. The molecule has 0 aromatic heterocycles. The summed E-state index contributed by atoms with van der Waals surface area (Å²) in [6, 6.07) is 5.40. The number of aliphatic hydroxyl groups is 1. The lowest BCUT2D eigenvalue weighted by molar-refractivity contribution is -0.142. The predicted octanol–water partition coefficient (Wildman–Crippen LogP) is 1.15. The SMILES string of the molecule is Cc1ccc(NC(=O)C(=O)N(C)CCO)c(Br)c1. The Hall–Kier alpha value is -1.40. The van der Waals surface area contributed by atoms with Gasteiger partial charge in [-0.05, 0) is 40.5 Å². The zero-order valence-corrected chi connectivity index (χ0v) is 11.8. The molecule has 98 valence electrons. The van der Waals surface area contributed by atoms with Gasteiger partial charge in [0.1, 0.15) is 0 Å². The predicted molar refractivity (Wildman–Crippen MR) is 72.2 cm³/mol. The van der Waals surface area contributed by atoms with E-state index in [0.29, 0.717) is 10.2 Å². The first-order valence-electron chi connectivity index (χ1n) is 5.39. The highest BCUT2D eigenvalue weighted by atomic mass is 79.9. The van der Waals surface area contributed by atoms with Gasteiger partial charge in [0.05, 0.1) is 12.3 Å². The van der Waals surface area contributed by atoms with E-state index in [1.807, 2.05) is 19.1 Å². The number of nitrogens with zero attached hydrogens (tertiary/aromatic N) is 1. The largest absolute Gasteiger partial charge is 0.395 e. The van der Waals surface area contributed by atoms with Gasteiger partial charge in [-0.15, -0.1) is 0 Å². The molecule has 1 rings (SSSR count). The third-order valence-corrected chi connectivity index (χ3v) is 3.01. The molecule has 0 aliphatic carbocycles. The van der Waals surface area contributed by atoms with Gasteiger partial charge in [0.25, 0.3) is 0 Å². The number of carbonyl (C=O) groups excluding carboxylic acids is 2. The first-order chi connectivity index (χ1) is 8.45. The molecule has 18 heavy (non-hydrogen) atoms. The molecule has 0 fully saturated rings. The molecule has 1 aromatic carbocycles. The Morgan fingerprint density at radius 2 is 2.11 bits per heavy atom. The number of amides is 2. The van der Waals surface area contributed by atoms with Crippen LogP contribution in [0.2, 0.25) is 0 Å². The van der Waals surface area contributed by atoms with Crippen LogP contribution in [0.5, 0.6) is 0 Å². The van der Waals surface area contributed by atoms with Gasteiger partial charge < -0.3 is 15.3 Å². The van der Waals surface area contributed by atoms with E-state index in [2.05, 4.69) is 21.2 Å². The highest BCUT2D eigenvalue weighted by molar-refractivity contribution is 9.10. The summed E-state index contributed by atoms with van der Waals surface area (Å²) in [5.41, 5.74) is 1.58. The van der Waals surface area contributed by atoms with Crippen molar-refractivity contribution >= 4 is 33.4 Å². The first kappa shape index (κ1) is 14.7. The molecular weight excluding hydrogens is 300 g/mol. The van der Waals surface area contributed by atoms with Gasteiger partial charge >= 0.3 is 11.8 Å². The topological polar surface area (TPSA) is 69.6 Å². The first-order valence-corrected chi connectivity index (χ1v) is 6.18. The normalized spacial score (nSPS) is 10.0. The number of nitrogens with one attached hydrogen (secondary N) is 1. The van der Waals surface area contributed by atoms with E-state index in [4.69, 9.17) is 5.11 Å². The zero-order valence-electron chi connectivity index (χ0n) is 10.2. The summed E-state index contributed by atoms with van der Waals surface area (Å²) in [5.74, 6) is -1.41. The standard InChI is InChI=1S/C12H15BrN2O3/c1-8-3-4-10(9(13)7-8)14-11(17)12(18)15(2)5-6-16/h3-4,7,16H,5-6H2,1-2H3,(H,14,17). The summed E-state index contributed by atoms with van der Waals surface area (Å²) in [7, 11) is 1.46. The average molecular weight is 315 g/mol. The Labute approximate surface area is 114 Å². The molecule has 6 heteroatoms.